The van der Waals surface area contributed by atoms with Crippen molar-refractivity contribution in [1.29, 1.82) is 0 Å². The number of sulfonamides is 1. The monoisotopic (exact) mass is 330 g/mol. The van der Waals surface area contributed by atoms with Crippen LogP contribution >= 0.6 is 0 Å². The van der Waals surface area contributed by atoms with Crippen molar-refractivity contribution >= 4 is 28.1 Å². The molecule has 0 saturated carbocycles. The third-order valence-corrected chi connectivity index (χ3v) is 3.41. The summed E-state index contributed by atoms with van der Waals surface area (Å²) in [6.07, 6.45) is 1.19. The van der Waals surface area contributed by atoms with E-state index in [-0.39, 0.29) is 0 Å². The van der Waals surface area contributed by atoms with Gasteiger partial charge in [0, 0.05) is 0 Å². The molecule has 0 fully saturated rings. The van der Waals surface area contributed by atoms with Crippen LogP contribution in [0.5, 0.6) is 0 Å². The Morgan fingerprint density at radius 1 is 1.27 bits per heavy atom. The summed E-state index contributed by atoms with van der Waals surface area (Å²) in [5, 5.41) is 2.86. The van der Waals surface area contributed by atoms with E-state index in [0.29, 0.717) is 5.56 Å². The standard InChI is InChI=1S/C13H15FN2O5S/c1-9(12(17)21-2)15-13(18)16-22(19,20)8-7-10-3-5-11(14)6-4-10/h3-9H,1-2H3,(H2,15,16,18). The molecule has 0 aromatic heterocycles. The van der Waals surface area contributed by atoms with E-state index in [1.165, 1.54) is 37.3 Å². The number of nitrogens with one attached hydrogen (secondary N) is 2. The number of ether oxygens (including phenoxy) is 1. The maximum Gasteiger partial charge on any atom is 0.329 e. The molecule has 1 rings (SSSR count). The Hall–Kier alpha value is -2.42. The second kappa shape index (κ2) is 7.55. The van der Waals surface area contributed by atoms with Gasteiger partial charge in [-0.25, -0.2) is 27.1 Å². The molecule has 120 valence electrons. The zero-order chi connectivity index (χ0) is 16.8. The summed E-state index contributed by atoms with van der Waals surface area (Å²) < 4.78 is 42.1. The average molecular weight is 330 g/mol. The average Bonchev–Trinajstić information content (AvgIpc) is 2.45. The van der Waals surface area contributed by atoms with E-state index in [4.69, 9.17) is 0 Å². The fourth-order valence-electron chi connectivity index (χ4n) is 1.37. The minimum atomic E-state index is -4.06. The largest absolute Gasteiger partial charge is 0.467 e. The fraction of sp³-hybridized carbons (Fsp3) is 0.231. The summed E-state index contributed by atoms with van der Waals surface area (Å²) in [5.74, 6) is -1.16. The molecule has 0 bridgehead atoms. The second-order valence-corrected chi connectivity index (χ2v) is 5.79. The first-order valence-electron chi connectivity index (χ1n) is 6.08. The number of esters is 1. The molecule has 0 radical (unpaired) electrons. The van der Waals surface area contributed by atoms with Gasteiger partial charge < -0.3 is 10.1 Å². The third kappa shape index (κ3) is 5.92. The van der Waals surface area contributed by atoms with E-state index in [2.05, 4.69) is 10.1 Å². The lowest BCUT2D eigenvalue weighted by Gasteiger charge is -2.11. The number of hydrogen-bond donors (Lipinski definition) is 2. The molecular weight excluding hydrogens is 315 g/mol. The van der Waals surface area contributed by atoms with Crippen molar-refractivity contribution in [1.82, 2.24) is 10.0 Å². The molecule has 22 heavy (non-hydrogen) atoms. The van der Waals surface area contributed by atoms with Crippen LogP contribution in [0.3, 0.4) is 0 Å². The summed E-state index contributed by atoms with van der Waals surface area (Å²) in [5.41, 5.74) is 0.440. The highest BCUT2D eigenvalue weighted by Gasteiger charge is 2.18. The summed E-state index contributed by atoms with van der Waals surface area (Å²) >= 11 is 0. The molecule has 7 nitrogen and oxygen atoms in total. The Labute approximate surface area is 127 Å². The molecule has 2 N–H and O–H groups in total. The number of hydrogen-bond acceptors (Lipinski definition) is 5. The molecule has 1 aromatic carbocycles. The van der Waals surface area contributed by atoms with Gasteiger partial charge in [-0.3, -0.25) is 0 Å². The topological polar surface area (TPSA) is 102 Å². The first-order chi connectivity index (χ1) is 10.2. The molecule has 9 heteroatoms. The highest BCUT2D eigenvalue weighted by atomic mass is 32.2. The van der Waals surface area contributed by atoms with Gasteiger partial charge in [-0.2, -0.15) is 0 Å². The first kappa shape index (κ1) is 17.6. The van der Waals surface area contributed by atoms with Crippen molar-refractivity contribution < 1.29 is 27.1 Å². The Kier molecular flexibility index (Phi) is 6.05. The van der Waals surface area contributed by atoms with E-state index < -0.39 is 33.9 Å². The molecule has 0 saturated heterocycles. The van der Waals surface area contributed by atoms with Gasteiger partial charge in [0.05, 0.1) is 12.5 Å². The van der Waals surface area contributed by atoms with Crippen LogP contribution in [-0.2, 0) is 19.6 Å². The highest BCUT2D eigenvalue weighted by molar-refractivity contribution is 7.93. The molecule has 0 aliphatic carbocycles. The lowest BCUT2D eigenvalue weighted by atomic mass is 10.2. The Bertz CT molecular complexity index is 670. The highest BCUT2D eigenvalue weighted by Crippen LogP contribution is 2.05. The molecule has 0 heterocycles. The molecule has 1 atom stereocenters. The van der Waals surface area contributed by atoms with E-state index >= 15 is 0 Å². The quantitative estimate of drug-likeness (QED) is 0.784. The van der Waals surface area contributed by atoms with Gasteiger partial charge in [-0.15, -0.1) is 0 Å². The van der Waals surface area contributed by atoms with Gasteiger partial charge in [0.25, 0.3) is 10.0 Å². The summed E-state index contributed by atoms with van der Waals surface area (Å²) in [6, 6.07) is 3.03. The Morgan fingerprint density at radius 2 is 1.86 bits per heavy atom. The van der Waals surface area contributed by atoms with Crippen molar-refractivity contribution in [3.05, 3.63) is 41.1 Å². The maximum atomic E-state index is 12.7. The first-order valence-corrected chi connectivity index (χ1v) is 7.63. The molecule has 2 amide bonds. The minimum Gasteiger partial charge on any atom is -0.467 e. The van der Waals surface area contributed by atoms with Gasteiger partial charge >= 0.3 is 12.0 Å². The van der Waals surface area contributed by atoms with E-state index in [1.807, 2.05) is 0 Å². The van der Waals surface area contributed by atoms with Gasteiger partial charge in [-0.05, 0) is 30.7 Å². The number of rotatable bonds is 5. The number of carbonyl (C=O) groups excluding carboxylic acids is 2. The number of methoxy groups -OCH3 is 1. The number of halogens is 1. The van der Waals surface area contributed by atoms with Gasteiger partial charge in [0.15, 0.2) is 0 Å². The molecule has 1 aromatic rings. The van der Waals surface area contributed by atoms with Gasteiger partial charge in [-0.1, -0.05) is 12.1 Å². The zero-order valence-electron chi connectivity index (χ0n) is 11.9. The Balaban J connectivity index is 2.65. The van der Waals surface area contributed by atoms with Crippen LogP contribution in [0.2, 0.25) is 0 Å². The third-order valence-electron chi connectivity index (χ3n) is 2.45. The molecule has 1 unspecified atom stereocenters. The van der Waals surface area contributed by atoms with E-state index in [9.17, 15) is 22.4 Å². The predicted molar refractivity (Wildman–Crippen MR) is 77.5 cm³/mol. The van der Waals surface area contributed by atoms with Crippen LogP contribution in [0.15, 0.2) is 29.7 Å². The molecule has 0 aliphatic rings. The normalized spacial score (nSPS) is 12.7. The van der Waals surface area contributed by atoms with Crippen molar-refractivity contribution in [2.24, 2.45) is 0 Å². The van der Waals surface area contributed by atoms with Crippen molar-refractivity contribution in [2.45, 2.75) is 13.0 Å². The Morgan fingerprint density at radius 3 is 2.41 bits per heavy atom. The number of urea groups is 1. The SMILES string of the molecule is COC(=O)C(C)NC(=O)NS(=O)(=O)C=Cc1ccc(F)cc1. The zero-order valence-corrected chi connectivity index (χ0v) is 12.7. The van der Waals surface area contributed by atoms with Gasteiger partial charge in [0.1, 0.15) is 11.9 Å². The lowest BCUT2D eigenvalue weighted by Crippen LogP contribution is -2.46. The van der Waals surface area contributed by atoms with Crippen LogP contribution in [0.4, 0.5) is 9.18 Å². The fourth-order valence-corrected chi connectivity index (χ4v) is 2.09. The van der Waals surface area contributed by atoms with Crippen LogP contribution in [0, 0.1) is 5.82 Å². The van der Waals surface area contributed by atoms with Crippen molar-refractivity contribution in [3.8, 4) is 0 Å². The van der Waals surface area contributed by atoms with Crippen molar-refractivity contribution in [3.63, 3.8) is 0 Å². The molecule has 0 spiro atoms. The summed E-state index contributed by atoms with van der Waals surface area (Å²) in [6.45, 7) is 1.34. The van der Waals surface area contributed by atoms with E-state index in [1.54, 1.807) is 4.72 Å². The van der Waals surface area contributed by atoms with Crippen LogP contribution in [0.1, 0.15) is 12.5 Å². The predicted octanol–water partition coefficient (Wildman–Crippen LogP) is 0.987. The van der Waals surface area contributed by atoms with Crippen LogP contribution in [0.25, 0.3) is 6.08 Å². The smallest absolute Gasteiger partial charge is 0.329 e. The number of amides is 2. The number of benzene rings is 1. The van der Waals surface area contributed by atoms with Gasteiger partial charge in [0.2, 0.25) is 0 Å². The molecule has 0 aliphatic heterocycles. The van der Waals surface area contributed by atoms with Crippen LogP contribution < -0.4 is 10.0 Å². The maximum absolute atomic E-state index is 12.7. The minimum absolute atomic E-state index is 0.440. The second-order valence-electron chi connectivity index (χ2n) is 4.22. The lowest BCUT2D eigenvalue weighted by molar-refractivity contribution is -0.142. The number of carbonyl (C=O) groups is 2. The van der Waals surface area contributed by atoms with E-state index in [0.717, 1.165) is 12.5 Å². The van der Waals surface area contributed by atoms with Crippen molar-refractivity contribution in [2.75, 3.05) is 7.11 Å². The summed E-state index contributed by atoms with van der Waals surface area (Å²) in [7, 11) is -2.92. The van der Waals surface area contributed by atoms with Crippen LogP contribution in [-0.4, -0.2) is 33.6 Å². The molecular formula is C13H15FN2O5S. The summed E-state index contributed by atoms with van der Waals surface area (Å²) in [4.78, 5) is 22.5.